The van der Waals surface area contributed by atoms with Crippen molar-refractivity contribution < 1.29 is 0 Å². The standard InChI is InChI=1S/C16H24ClN3/c17-14-5-4-6-15(18)16(14)20-11-7-13(8-12-20)19-9-2-1-3-10-19/h4-6,13H,1-3,7-12,18H2. The lowest BCUT2D eigenvalue weighted by Gasteiger charge is -2.41. The average molecular weight is 294 g/mol. The summed E-state index contributed by atoms with van der Waals surface area (Å²) in [6, 6.07) is 6.55. The summed E-state index contributed by atoms with van der Waals surface area (Å²) in [7, 11) is 0. The molecular weight excluding hydrogens is 270 g/mol. The van der Waals surface area contributed by atoms with Crippen LogP contribution in [-0.2, 0) is 0 Å². The van der Waals surface area contributed by atoms with Gasteiger partial charge in [0.15, 0.2) is 0 Å². The lowest BCUT2D eigenvalue weighted by atomic mass is 9.99. The molecule has 0 atom stereocenters. The molecule has 0 unspecified atom stereocenters. The Bertz CT molecular complexity index is 429. The molecule has 0 aromatic heterocycles. The lowest BCUT2D eigenvalue weighted by molar-refractivity contribution is 0.141. The molecule has 0 spiro atoms. The minimum Gasteiger partial charge on any atom is -0.397 e. The number of anilines is 2. The molecule has 3 rings (SSSR count). The van der Waals surface area contributed by atoms with Crippen LogP contribution in [0.5, 0.6) is 0 Å². The van der Waals surface area contributed by atoms with Crippen molar-refractivity contribution in [2.45, 2.75) is 38.1 Å². The van der Waals surface area contributed by atoms with Gasteiger partial charge in [0.05, 0.1) is 16.4 Å². The van der Waals surface area contributed by atoms with Gasteiger partial charge < -0.3 is 15.5 Å². The molecule has 2 aliphatic rings. The number of nitrogens with zero attached hydrogens (tertiary/aromatic N) is 2. The fraction of sp³-hybridized carbons (Fsp3) is 0.625. The number of nitrogens with two attached hydrogens (primary N) is 1. The Hall–Kier alpha value is -0.930. The first kappa shape index (κ1) is 14.0. The van der Waals surface area contributed by atoms with Crippen molar-refractivity contribution in [3.8, 4) is 0 Å². The van der Waals surface area contributed by atoms with E-state index in [0.717, 1.165) is 35.5 Å². The molecule has 110 valence electrons. The van der Waals surface area contributed by atoms with Gasteiger partial charge in [-0.3, -0.25) is 0 Å². The lowest BCUT2D eigenvalue weighted by Crippen LogP contribution is -2.46. The van der Waals surface area contributed by atoms with Gasteiger partial charge in [-0.05, 0) is 50.9 Å². The predicted octanol–water partition coefficient (Wildman–Crippen LogP) is 3.38. The molecule has 2 saturated heterocycles. The van der Waals surface area contributed by atoms with Crippen molar-refractivity contribution >= 4 is 23.0 Å². The van der Waals surface area contributed by atoms with E-state index >= 15 is 0 Å². The Morgan fingerprint density at radius 3 is 2.35 bits per heavy atom. The maximum Gasteiger partial charge on any atom is 0.0789 e. The van der Waals surface area contributed by atoms with E-state index in [1.807, 2.05) is 18.2 Å². The van der Waals surface area contributed by atoms with Gasteiger partial charge in [0.25, 0.3) is 0 Å². The molecule has 0 radical (unpaired) electrons. The van der Waals surface area contributed by atoms with Gasteiger partial charge in [-0.2, -0.15) is 0 Å². The zero-order chi connectivity index (χ0) is 13.9. The summed E-state index contributed by atoms with van der Waals surface area (Å²) in [5.41, 5.74) is 7.93. The quantitative estimate of drug-likeness (QED) is 0.849. The van der Waals surface area contributed by atoms with Crippen molar-refractivity contribution in [1.29, 1.82) is 0 Å². The van der Waals surface area contributed by atoms with Crippen LogP contribution in [0.25, 0.3) is 0 Å². The Labute approximate surface area is 126 Å². The van der Waals surface area contributed by atoms with E-state index in [9.17, 15) is 0 Å². The average Bonchev–Trinajstić information content (AvgIpc) is 2.49. The normalized spacial score (nSPS) is 22.1. The van der Waals surface area contributed by atoms with Crippen molar-refractivity contribution in [3.05, 3.63) is 23.2 Å². The second-order valence-electron chi connectivity index (χ2n) is 5.99. The number of benzene rings is 1. The number of nitrogen functional groups attached to an aromatic ring is 1. The number of likely N-dealkylation sites (tertiary alicyclic amines) is 1. The monoisotopic (exact) mass is 293 g/mol. The number of hydrogen-bond donors (Lipinski definition) is 1. The smallest absolute Gasteiger partial charge is 0.0789 e. The Kier molecular flexibility index (Phi) is 4.37. The van der Waals surface area contributed by atoms with Crippen LogP contribution in [0.3, 0.4) is 0 Å². The minimum atomic E-state index is 0.760. The van der Waals surface area contributed by atoms with E-state index in [4.69, 9.17) is 17.3 Å². The molecule has 4 heteroatoms. The fourth-order valence-corrected chi connectivity index (χ4v) is 3.91. The third-order valence-electron chi connectivity index (χ3n) is 4.71. The van der Waals surface area contributed by atoms with E-state index in [0.29, 0.717) is 0 Å². The number of piperidine rings is 2. The van der Waals surface area contributed by atoms with Crippen LogP contribution in [0.1, 0.15) is 32.1 Å². The maximum atomic E-state index is 6.32. The molecule has 1 aromatic carbocycles. The maximum absolute atomic E-state index is 6.32. The van der Waals surface area contributed by atoms with Crippen molar-refractivity contribution in [2.75, 3.05) is 36.8 Å². The van der Waals surface area contributed by atoms with Gasteiger partial charge in [0, 0.05) is 19.1 Å². The van der Waals surface area contributed by atoms with Crippen LogP contribution < -0.4 is 10.6 Å². The summed E-state index contributed by atoms with van der Waals surface area (Å²) >= 11 is 6.32. The van der Waals surface area contributed by atoms with Gasteiger partial charge in [0.1, 0.15) is 0 Å². The number of hydrogen-bond acceptors (Lipinski definition) is 3. The molecule has 0 amide bonds. The Morgan fingerprint density at radius 2 is 1.70 bits per heavy atom. The fourth-order valence-electron chi connectivity index (χ4n) is 3.60. The van der Waals surface area contributed by atoms with Gasteiger partial charge in [0.2, 0.25) is 0 Å². The number of para-hydroxylation sites is 1. The highest BCUT2D eigenvalue weighted by atomic mass is 35.5. The molecule has 0 bridgehead atoms. The molecule has 3 nitrogen and oxygen atoms in total. The van der Waals surface area contributed by atoms with E-state index in [2.05, 4.69) is 9.80 Å². The van der Waals surface area contributed by atoms with Crippen LogP contribution in [0.15, 0.2) is 18.2 Å². The van der Waals surface area contributed by atoms with Crippen molar-refractivity contribution in [3.63, 3.8) is 0 Å². The van der Waals surface area contributed by atoms with E-state index in [1.165, 1.54) is 45.2 Å². The summed E-state index contributed by atoms with van der Waals surface area (Å²) in [5, 5.41) is 0.779. The highest BCUT2D eigenvalue weighted by Crippen LogP contribution is 2.34. The van der Waals surface area contributed by atoms with Crippen LogP contribution in [0, 0.1) is 0 Å². The molecule has 1 aromatic rings. The first-order valence-corrected chi connectivity index (χ1v) is 8.16. The van der Waals surface area contributed by atoms with Gasteiger partial charge in [-0.25, -0.2) is 0 Å². The van der Waals surface area contributed by atoms with Crippen LogP contribution >= 0.6 is 11.6 Å². The Balaban J connectivity index is 1.63. The molecule has 2 heterocycles. The van der Waals surface area contributed by atoms with Crippen LogP contribution in [-0.4, -0.2) is 37.1 Å². The first-order chi connectivity index (χ1) is 9.75. The van der Waals surface area contributed by atoms with Gasteiger partial charge in [-0.15, -0.1) is 0 Å². The third-order valence-corrected chi connectivity index (χ3v) is 5.01. The number of halogens is 1. The van der Waals surface area contributed by atoms with Crippen LogP contribution in [0.4, 0.5) is 11.4 Å². The van der Waals surface area contributed by atoms with E-state index in [1.54, 1.807) is 0 Å². The SMILES string of the molecule is Nc1cccc(Cl)c1N1CCC(N2CCCCC2)CC1. The minimum absolute atomic E-state index is 0.760. The van der Waals surface area contributed by atoms with Gasteiger partial charge >= 0.3 is 0 Å². The van der Waals surface area contributed by atoms with Crippen LogP contribution in [0.2, 0.25) is 5.02 Å². The second-order valence-corrected chi connectivity index (χ2v) is 6.40. The highest BCUT2D eigenvalue weighted by molar-refractivity contribution is 6.34. The molecule has 20 heavy (non-hydrogen) atoms. The Morgan fingerprint density at radius 1 is 1.00 bits per heavy atom. The first-order valence-electron chi connectivity index (χ1n) is 7.78. The molecule has 2 fully saturated rings. The molecular formula is C16H24ClN3. The van der Waals surface area contributed by atoms with Gasteiger partial charge in [-0.1, -0.05) is 24.1 Å². The zero-order valence-corrected chi connectivity index (χ0v) is 12.8. The summed E-state index contributed by atoms with van der Waals surface area (Å²) in [6.45, 7) is 4.71. The summed E-state index contributed by atoms with van der Waals surface area (Å²) in [4.78, 5) is 5.05. The van der Waals surface area contributed by atoms with E-state index < -0.39 is 0 Å². The predicted molar refractivity (Wildman–Crippen MR) is 86.5 cm³/mol. The number of rotatable bonds is 2. The molecule has 0 aliphatic carbocycles. The highest BCUT2D eigenvalue weighted by Gasteiger charge is 2.26. The topological polar surface area (TPSA) is 32.5 Å². The van der Waals surface area contributed by atoms with Crippen molar-refractivity contribution in [1.82, 2.24) is 4.90 Å². The largest absolute Gasteiger partial charge is 0.397 e. The summed E-state index contributed by atoms with van der Waals surface area (Å²) in [6.07, 6.45) is 6.61. The molecule has 2 N–H and O–H groups in total. The zero-order valence-electron chi connectivity index (χ0n) is 12.0. The van der Waals surface area contributed by atoms with E-state index in [-0.39, 0.29) is 0 Å². The second kappa shape index (κ2) is 6.23. The molecule has 0 saturated carbocycles. The third kappa shape index (κ3) is 2.89. The molecule has 2 aliphatic heterocycles. The van der Waals surface area contributed by atoms with Crippen molar-refractivity contribution in [2.24, 2.45) is 0 Å². The summed E-state index contributed by atoms with van der Waals surface area (Å²) in [5.74, 6) is 0. The summed E-state index contributed by atoms with van der Waals surface area (Å²) < 4.78 is 0.